The number of pyridine rings is 1. The van der Waals surface area contributed by atoms with Crippen LogP contribution < -0.4 is 20.1 Å². The predicted octanol–water partition coefficient (Wildman–Crippen LogP) is 4.31. The van der Waals surface area contributed by atoms with Crippen LogP contribution in [-0.4, -0.2) is 29.3 Å². The highest BCUT2D eigenvalue weighted by Crippen LogP contribution is 2.34. The summed E-state index contributed by atoms with van der Waals surface area (Å²) in [6.07, 6.45) is 1.52. The highest BCUT2D eigenvalue weighted by molar-refractivity contribution is 8.00. The number of hydrogen-bond acceptors (Lipinski definition) is 6. The molecule has 2 heterocycles. The van der Waals surface area contributed by atoms with Gasteiger partial charge >= 0.3 is 0 Å². The molecule has 0 bridgehead atoms. The summed E-state index contributed by atoms with van der Waals surface area (Å²) in [6.45, 7) is 1.80. The van der Waals surface area contributed by atoms with Crippen molar-refractivity contribution in [2.45, 2.75) is 18.0 Å². The molecule has 0 radical (unpaired) electrons. The highest BCUT2D eigenvalue weighted by Gasteiger charge is 2.18. The first-order chi connectivity index (χ1) is 15.9. The van der Waals surface area contributed by atoms with Crippen molar-refractivity contribution in [2.75, 3.05) is 17.9 Å². The molecule has 0 spiro atoms. The first kappa shape index (κ1) is 22.5. The number of ether oxygens (including phenoxy) is 2. The van der Waals surface area contributed by atoms with E-state index >= 15 is 0 Å². The second-order valence-electron chi connectivity index (χ2n) is 7.13. The quantitative estimate of drug-likeness (QED) is 0.499. The van der Waals surface area contributed by atoms with E-state index in [0.29, 0.717) is 27.8 Å². The molecule has 1 atom stereocenters. The zero-order chi connectivity index (χ0) is 23.4. The van der Waals surface area contributed by atoms with E-state index in [1.807, 2.05) is 0 Å². The Morgan fingerprint density at radius 1 is 1.09 bits per heavy atom. The van der Waals surface area contributed by atoms with Gasteiger partial charge in [-0.2, -0.15) is 0 Å². The summed E-state index contributed by atoms with van der Waals surface area (Å²) in [5.74, 6) is -1.49. The molecule has 1 aromatic heterocycles. The SMILES string of the molecule is CC(NC(=O)c1cccnc1SCC(=O)Nc1ccc2c(c1)OCO2)c1ccc(F)c(F)c1. The molecule has 0 saturated carbocycles. The smallest absolute Gasteiger partial charge is 0.254 e. The lowest BCUT2D eigenvalue weighted by atomic mass is 10.1. The van der Waals surface area contributed by atoms with Gasteiger partial charge in [-0.3, -0.25) is 9.59 Å². The Labute approximate surface area is 192 Å². The Balaban J connectivity index is 1.38. The summed E-state index contributed by atoms with van der Waals surface area (Å²) >= 11 is 1.11. The van der Waals surface area contributed by atoms with Gasteiger partial charge in [0, 0.05) is 18.0 Å². The maximum absolute atomic E-state index is 13.5. The Morgan fingerprint density at radius 3 is 2.73 bits per heavy atom. The summed E-state index contributed by atoms with van der Waals surface area (Å²) in [6, 6.07) is 11.2. The molecule has 170 valence electrons. The highest BCUT2D eigenvalue weighted by atomic mass is 32.2. The molecular formula is C23H19F2N3O4S. The Kier molecular flexibility index (Phi) is 6.74. The lowest BCUT2D eigenvalue weighted by Crippen LogP contribution is -2.27. The molecule has 0 saturated heterocycles. The van der Waals surface area contributed by atoms with Gasteiger partial charge in [0.2, 0.25) is 12.7 Å². The lowest BCUT2D eigenvalue weighted by Gasteiger charge is -2.16. The third-order valence-corrected chi connectivity index (χ3v) is 5.81. The number of anilines is 1. The van der Waals surface area contributed by atoms with Gasteiger partial charge in [0.05, 0.1) is 17.4 Å². The van der Waals surface area contributed by atoms with Crippen molar-refractivity contribution in [3.63, 3.8) is 0 Å². The Bertz CT molecular complexity index is 1210. The molecule has 33 heavy (non-hydrogen) atoms. The summed E-state index contributed by atoms with van der Waals surface area (Å²) in [5, 5.41) is 5.88. The maximum atomic E-state index is 13.5. The van der Waals surface area contributed by atoms with Crippen LogP contribution in [0.2, 0.25) is 0 Å². The zero-order valence-corrected chi connectivity index (χ0v) is 18.2. The number of hydrogen-bond donors (Lipinski definition) is 2. The topological polar surface area (TPSA) is 89.6 Å². The fourth-order valence-corrected chi connectivity index (χ4v) is 3.91. The molecule has 0 aliphatic carbocycles. The second kappa shape index (κ2) is 9.86. The van der Waals surface area contributed by atoms with Crippen molar-refractivity contribution in [3.05, 3.63) is 77.5 Å². The standard InChI is InChI=1S/C23H19F2N3O4S/c1-13(14-4-6-17(24)18(25)9-14)27-22(30)16-3-2-8-26-23(16)33-11-21(29)28-15-5-7-19-20(10-15)32-12-31-19/h2-10,13H,11-12H2,1H3,(H,27,30)(H,28,29). The molecular weight excluding hydrogens is 452 g/mol. The maximum Gasteiger partial charge on any atom is 0.254 e. The van der Waals surface area contributed by atoms with Crippen LogP contribution in [0.3, 0.4) is 0 Å². The number of benzene rings is 2. The minimum Gasteiger partial charge on any atom is -0.454 e. The van der Waals surface area contributed by atoms with Crippen LogP contribution in [-0.2, 0) is 4.79 Å². The van der Waals surface area contributed by atoms with E-state index in [4.69, 9.17) is 9.47 Å². The van der Waals surface area contributed by atoms with E-state index in [-0.39, 0.29) is 24.0 Å². The number of carbonyl (C=O) groups excluding carboxylic acids is 2. The van der Waals surface area contributed by atoms with Crippen molar-refractivity contribution >= 4 is 29.3 Å². The van der Waals surface area contributed by atoms with Crippen LogP contribution in [0.5, 0.6) is 11.5 Å². The van der Waals surface area contributed by atoms with Crippen molar-refractivity contribution in [1.82, 2.24) is 10.3 Å². The van der Waals surface area contributed by atoms with Crippen molar-refractivity contribution in [1.29, 1.82) is 0 Å². The van der Waals surface area contributed by atoms with Gasteiger partial charge < -0.3 is 20.1 Å². The minimum atomic E-state index is -0.986. The molecule has 2 N–H and O–H groups in total. The fourth-order valence-electron chi connectivity index (χ4n) is 3.12. The average molecular weight is 471 g/mol. The number of fused-ring (bicyclic) bond motifs is 1. The van der Waals surface area contributed by atoms with Crippen LogP contribution in [0.1, 0.15) is 28.9 Å². The molecule has 1 unspecified atom stereocenters. The van der Waals surface area contributed by atoms with E-state index in [2.05, 4.69) is 15.6 Å². The zero-order valence-electron chi connectivity index (χ0n) is 17.4. The number of nitrogens with one attached hydrogen (secondary N) is 2. The van der Waals surface area contributed by atoms with E-state index in [1.165, 1.54) is 12.3 Å². The van der Waals surface area contributed by atoms with Gasteiger partial charge in [0.15, 0.2) is 23.1 Å². The first-order valence-corrected chi connectivity index (χ1v) is 10.9. The lowest BCUT2D eigenvalue weighted by molar-refractivity contribution is -0.113. The minimum absolute atomic E-state index is 0.0183. The predicted molar refractivity (Wildman–Crippen MR) is 118 cm³/mol. The molecule has 7 nitrogen and oxygen atoms in total. The number of thioether (sulfide) groups is 1. The number of halogens is 2. The van der Waals surface area contributed by atoms with Crippen molar-refractivity contribution < 1.29 is 27.8 Å². The molecule has 2 aromatic carbocycles. The monoisotopic (exact) mass is 471 g/mol. The molecule has 1 aliphatic heterocycles. The van der Waals surface area contributed by atoms with E-state index in [1.54, 1.807) is 37.3 Å². The summed E-state index contributed by atoms with van der Waals surface area (Å²) in [7, 11) is 0. The van der Waals surface area contributed by atoms with Gasteiger partial charge in [-0.05, 0) is 48.9 Å². The van der Waals surface area contributed by atoms with E-state index < -0.39 is 23.6 Å². The van der Waals surface area contributed by atoms with Gasteiger partial charge in [-0.25, -0.2) is 13.8 Å². The van der Waals surface area contributed by atoms with Gasteiger partial charge in [-0.15, -0.1) is 0 Å². The summed E-state index contributed by atoms with van der Waals surface area (Å²) in [5.41, 5.74) is 1.25. The van der Waals surface area contributed by atoms with Crippen LogP contribution in [0.15, 0.2) is 59.8 Å². The Morgan fingerprint density at radius 2 is 1.91 bits per heavy atom. The molecule has 1 aliphatic rings. The van der Waals surface area contributed by atoms with E-state index in [0.717, 1.165) is 23.9 Å². The van der Waals surface area contributed by atoms with Crippen LogP contribution in [0, 0.1) is 11.6 Å². The third-order valence-electron chi connectivity index (χ3n) is 4.80. The number of nitrogens with zero attached hydrogens (tertiary/aromatic N) is 1. The normalized spacial score (nSPS) is 12.8. The van der Waals surface area contributed by atoms with Crippen molar-refractivity contribution in [3.8, 4) is 11.5 Å². The molecule has 2 amide bonds. The largest absolute Gasteiger partial charge is 0.454 e. The van der Waals surface area contributed by atoms with Gasteiger partial charge in [0.1, 0.15) is 5.03 Å². The second-order valence-corrected chi connectivity index (χ2v) is 8.09. The van der Waals surface area contributed by atoms with Crippen LogP contribution in [0.25, 0.3) is 0 Å². The number of rotatable bonds is 7. The number of amides is 2. The molecule has 0 fully saturated rings. The van der Waals surface area contributed by atoms with E-state index in [9.17, 15) is 18.4 Å². The summed E-state index contributed by atoms with van der Waals surface area (Å²) < 4.78 is 37.2. The molecule has 10 heteroatoms. The fraction of sp³-hybridized carbons (Fsp3) is 0.174. The third kappa shape index (κ3) is 5.40. The Hall–Kier alpha value is -3.66. The van der Waals surface area contributed by atoms with Crippen molar-refractivity contribution in [2.24, 2.45) is 0 Å². The molecule has 3 aromatic rings. The average Bonchev–Trinajstić information content (AvgIpc) is 3.27. The van der Waals surface area contributed by atoms with Crippen LogP contribution in [0.4, 0.5) is 14.5 Å². The first-order valence-electron chi connectivity index (χ1n) is 9.94. The number of carbonyl (C=O) groups is 2. The molecule has 4 rings (SSSR count). The van der Waals surface area contributed by atoms with Gasteiger partial charge in [-0.1, -0.05) is 17.8 Å². The van der Waals surface area contributed by atoms with Gasteiger partial charge in [0.25, 0.3) is 5.91 Å². The summed E-state index contributed by atoms with van der Waals surface area (Å²) in [4.78, 5) is 29.4. The van der Waals surface area contributed by atoms with Crippen LogP contribution >= 0.6 is 11.8 Å². The number of aromatic nitrogens is 1.